The second-order valence-corrected chi connectivity index (χ2v) is 14.4. The molecule has 5 rings (SSSR count). The molecule has 0 aliphatic carbocycles. The van der Waals surface area contributed by atoms with Crippen molar-refractivity contribution < 1.29 is 27.2 Å². The van der Waals surface area contributed by atoms with Crippen LogP contribution in [0.1, 0.15) is 76.1 Å². The summed E-state index contributed by atoms with van der Waals surface area (Å²) in [5, 5.41) is 10.8. The third-order valence-corrected chi connectivity index (χ3v) is 9.83. The number of allylic oxidation sites excluding steroid dienone is 2. The van der Waals surface area contributed by atoms with Crippen molar-refractivity contribution in [2.24, 2.45) is 0 Å². The summed E-state index contributed by atoms with van der Waals surface area (Å²) in [6.45, 7) is 12.5. The second kappa shape index (κ2) is 12.3. The van der Waals surface area contributed by atoms with Crippen molar-refractivity contribution in [2.45, 2.75) is 64.7 Å². The highest BCUT2D eigenvalue weighted by molar-refractivity contribution is 7.85. The predicted molar refractivity (Wildman–Crippen MR) is 181 cm³/mol. The van der Waals surface area contributed by atoms with Gasteiger partial charge in [0, 0.05) is 53.8 Å². The van der Waals surface area contributed by atoms with E-state index in [0.717, 1.165) is 41.9 Å². The molecule has 0 spiro atoms. The Hall–Kier alpha value is -3.81. The second-order valence-electron chi connectivity index (χ2n) is 12.8. The van der Waals surface area contributed by atoms with Crippen LogP contribution >= 0.6 is 0 Å². The van der Waals surface area contributed by atoms with Crippen molar-refractivity contribution in [1.82, 2.24) is 0 Å². The van der Waals surface area contributed by atoms with Gasteiger partial charge in [-0.05, 0) is 57.5 Å². The molecule has 0 amide bonds. The molecule has 0 unspecified atom stereocenters. The standard InChI is InChI=1S/C37H42N2O4S/c1-6-7-23-38-31-15-10-8-13-29(31)36(2,3)34(38)21-18-27-17-20-33(40)28(26-27)19-22-35-37(4,5)30-14-9-11-16-32(30)39(35)24-12-25-44(41,42)43/h8-11,13-22,26H,6-7,12,23-25H2,1-5H3/p+2. The number of hydrogen-bond acceptors (Lipinski definition) is 3. The number of benzene rings is 3. The largest absolute Gasteiger partial charge is 0.507 e. The molecule has 0 aromatic heterocycles. The van der Waals surface area contributed by atoms with Crippen LogP contribution in [0.3, 0.4) is 0 Å². The first kappa shape index (κ1) is 31.6. The van der Waals surface area contributed by atoms with Gasteiger partial charge in [0.1, 0.15) is 18.8 Å². The molecule has 2 N–H and O–H groups in total. The van der Waals surface area contributed by atoms with Crippen LogP contribution in [0, 0.1) is 0 Å². The lowest BCUT2D eigenvalue weighted by molar-refractivity contribution is -0.438. The van der Waals surface area contributed by atoms with Crippen LogP contribution in [0.4, 0.5) is 11.4 Å². The van der Waals surface area contributed by atoms with Crippen molar-refractivity contribution in [3.8, 4) is 5.75 Å². The molecule has 7 heteroatoms. The smallest absolute Gasteiger partial charge is 0.265 e. The summed E-state index contributed by atoms with van der Waals surface area (Å²) in [5.74, 6) is -0.106. The first-order valence-corrected chi connectivity index (χ1v) is 17.1. The lowest BCUT2D eigenvalue weighted by Gasteiger charge is -2.15. The molecule has 2 aliphatic heterocycles. The molecular formula is C37H44N2O4S+2. The van der Waals surface area contributed by atoms with Crippen LogP contribution in [0.2, 0.25) is 0 Å². The van der Waals surface area contributed by atoms with Crippen LogP contribution in [0.5, 0.6) is 5.75 Å². The number of phenols is 1. The Morgan fingerprint density at radius 3 is 1.80 bits per heavy atom. The molecule has 0 radical (unpaired) electrons. The fraction of sp³-hybridized carbons (Fsp3) is 0.351. The van der Waals surface area contributed by atoms with Crippen LogP contribution in [0.15, 0.2) is 78.9 Å². The van der Waals surface area contributed by atoms with Gasteiger partial charge < -0.3 is 5.11 Å². The Balaban J connectivity index is 1.48. The molecule has 0 saturated carbocycles. The number of para-hydroxylation sites is 2. The maximum atomic E-state index is 11.4. The van der Waals surface area contributed by atoms with Gasteiger partial charge in [0.05, 0.1) is 16.6 Å². The number of fused-ring (bicyclic) bond motifs is 2. The van der Waals surface area contributed by atoms with E-state index in [2.05, 4.69) is 86.3 Å². The van der Waals surface area contributed by atoms with Gasteiger partial charge in [-0.1, -0.05) is 55.8 Å². The molecule has 2 heterocycles. The van der Waals surface area contributed by atoms with Crippen LogP contribution in [0.25, 0.3) is 12.2 Å². The maximum absolute atomic E-state index is 11.4. The monoisotopic (exact) mass is 612 g/mol. The highest BCUT2D eigenvalue weighted by Gasteiger charge is 2.45. The van der Waals surface area contributed by atoms with E-state index in [9.17, 15) is 18.1 Å². The van der Waals surface area contributed by atoms with Crippen molar-refractivity contribution in [2.75, 3.05) is 18.8 Å². The van der Waals surface area contributed by atoms with Gasteiger partial charge in [0.15, 0.2) is 11.4 Å². The van der Waals surface area contributed by atoms with Gasteiger partial charge in [-0.3, -0.25) is 4.55 Å². The number of phenolic OH excluding ortho intramolecular Hbond substituents is 1. The summed E-state index contributed by atoms with van der Waals surface area (Å²) in [5.41, 5.74) is 8.28. The van der Waals surface area contributed by atoms with Gasteiger partial charge in [-0.15, -0.1) is 0 Å². The van der Waals surface area contributed by atoms with Crippen molar-refractivity contribution in [1.29, 1.82) is 0 Å². The van der Waals surface area contributed by atoms with E-state index in [1.807, 2.05) is 42.5 Å². The summed E-state index contributed by atoms with van der Waals surface area (Å²) < 4.78 is 36.7. The summed E-state index contributed by atoms with van der Waals surface area (Å²) in [6, 6.07) is 22.4. The molecule has 0 fully saturated rings. The number of hydrogen-bond donors (Lipinski definition) is 2. The van der Waals surface area contributed by atoms with Crippen molar-refractivity contribution >= 4 is 45.1 Å². The first-order chi connectivity index (χ1) is 20.8. The number of rotatable bonds is 11. The minimum atomic E-state index is -4.05. The third-order valence-electron chi connectivity index (χ3n) is 9.02. The Kier molecular flexibility index (Phi) is 8.83. The SMILES string of the molecule is CCCC[N+]1=C(/C=C/c2ccc(O)c(/C=C/C3=[N+](CCCS(=O)(=O)O)c4ccccc4C3(C)C)c2)C(C)(C)c2ccccc21. The van der Waals surface area contributed by atoms with Crippen molar-refractivity contribution in [3.63, 3.8) is 0 Å². The molecule has 0 saturated heterocycles. The van der Waals surface area contributed by atoms with E-state index in [-0.39, 0.29) is 22.3 Å². The minimum Gasteiger partial charge on any atom is -0.507 e. The van der Waals surface area contributed by atoms with E-state index >= 15 is 0 Å². The molecule has 6 nitrogen and oxygen atoms in total. The van der Waals surface area contributed by atoms with E-state index in [4.69, 9.17) is 0 Å². The predicted octanol–water partition coefficient (Wildman–Crippen LogP) is 7.65. The van der Waals surface area contributed by atoms with Gasteiger partial charge >= 0.3 is 0 Å². The number of aromatic hydroxyl groups is 1. The summed E-state index contributed by atoms with van der Waals surface area (Å²) in [7, 11) is -4.05. The molecule has 44 heavy (non-hydrogen) atoms. The minimum absolute atomic E-state index is 0.126. The molecular weight excluding hydrogens is 568 g/mol. The zero-order valence-electron chi connectivity index (χ0n) is 26.4. The van der Waals surface area contributed by atoms with Crippen LogP contribution < -0.4 is 0 Å². The lowest BCUT2D eigenvalue weighted by atomic mass is 9.81. The maximum Gasteiger partial charge on any atom is 0.265 e. The fourth-order valence-corrected chi connectivity index (χ4v) is 7.13. The summed E-state index contributed by atoms with van der Waals surface area (Å²) in [6.07, 6.45) is 10.8. The average molecular weight is 613 g/mol. The van der Waals surface area contributed by atoms with E-state index < -0.39 is 10.1 Å². The number of unbranched alkanes of at least 4 members (excludes halogenated alkanes) is 1. The topological polar surface area (TPSA) is 80.6 Å². The normalized spacial score (nSPS) is 17.2. The zero-order chi connectivity index (χ0) is 31.7. The Morgan fingerprint density at radius 1 is 0.727 bits per heavy atom. The molecule has 2 aliphatic rings. The molecule has 0 atom stereocenters. The first-order valence-electron chi connectivity index (χ1n) is 15.5. The molecule has 0 bridgehead atoms. The van der Waals surface area contributed by atoms with E-state index in [1.54, 1.807) is 6.07 Å². The highest BCUT2D eigenvalue weighted by atomic mass is 32.2. The Bertz CT molecular complexity index is 1810. The van der Waals surface area contributed by atoms with E-state index in [0.29, 0.717) is 18.5 Å². The van der Waals surface area contributed by atoms with E-state index in [1.165, 1.54) is 17.0 Å². The molecule has 3 aromatic carbocycles. The van der Waals surface area contributed by atoms with Gasteiger partial charge in [-0.2, -0.15) is 17.6 Å². The Morgan fingerprint density at radius 2 is 1.25 bits per heavy atom. The Labute approximate surface area is 262 Å². The molecule has 3 aromatic rings. The molecule has 230 valence electrons. The average Bonchev–Trinajstić information content (AvgIpc) is 3.33. The van der Waals surface area contributed by atoms with Gasteiger partial charge in [0.25, 0.3) is 10.1 Å². The van der Waals surface area contributed by atoms with Gasteiger partial charge in [-0.25, -0.2) is 0 Å². The quantitative estimate of drug-likeness (QED) is 0.172. The van der Waals surface area contributed by atoms with Crippen molar-refractivity contribution in [3.05, 3.63) is 101 Å². The zero-order valence-corrected chi connectivity index (χ0v) is 27.2. The fourth-order valence-electron chi connectivity index (χ4n) is 6.64. The third kappa shape index (κ3) is 6.21. The van der Waals surface area contributed by atoms with Gasteiger partial charge in [0.2, 0.25) is 11.4 Å². The lowest BCUT2D eigenvalue weighted by Crippen LogP contribution is -2.28. The summed E-state index contributed by atoms with van der Waals surface area (Å²) in [4.78, 5) is 0. The highest BCUT2D eigenvalue weighted by Crippen LogP contribution is 2.41. The number of nitrogens with zero attached hydrogens (tertiary/aromatic N) is 2. The summed E-state index contributed by atoms with van der Waals surface area (Å²) >= 11 is 0. The van der Waals surface area contributed by atoms with Crippen LogP contribution in [-0.4, -0.2) is 57.5 Å². The van der Waals surface area contributed by atoms with Crippen LogP contribution in [-0.2, 0) is 20.9 Å².